The smallest absolute Gasteiger partial charge is 0.252 e. The Labute approximate surface area is 129 Å². The summed E-state index contributed by atoms with van der Waals surface area (Å²) in [4.78, 5) is 5.32. The molecule has 2 N–H and O–H groups in total. The van der Waals surface area contributed by atoms with Gasteiger partial charge in [0, 0.05) is 17.6 Å². The van der Waals surface area contributed by atoms with Gasteiger partial charge in [0.05, 0.1) is 12.2 Å². The van der Waals surface area contributed by atoms with E-state index in [1.165, 1.54) is 15.6 Å². The van der Waals surface area contributed by atoms with Crippen LogP contribution >= 0.6 is 11.3 Å². The summed E-state index contributed by atoms with van der Waals surface area (Å²) < 4.78 is 26.7. The van der Waals surface area contributed by atoms with Crippen molar-refractivity contribution in [3.8, 4) is 0 Å². The number of rotatable bonds is 6. The summed E-state index contributed by atoms with van der Waals surface area (Å²) in [7, 11) is -1.91. The molecule has 2 heterocycles. The van der Waals surface area contributed by atoms with Gasteiger partial charge in [-0.05, 0) is 44.2 Å². The van der Waals surface area contributed by atoms with Crippen LogP contribution in [-0.2, 0) is 23.0 Å². The summed E-state index contributed by atoms with van der Waals surface area (Å²) in [6.45, 7) is 2.66. The zero-order valence-corrected chi connectivity index (χ0v) is 13.7. The van der Waals surface area contributed by atoms with E-state index >= 15 is 0 Å². The first-order chi connectivity index (χ1) is 9.93. The fraction of sp³-hybridized carbons (Fsp3) is 0.357. The fourth-order valence-electron chi connectivity index (χ4n) is 1.93. The van der Waals surface area contributed by atoms with Crippen molar-refractivity contribution >= 4 is 21.4 Å². The quantitative estimate of drug-likeness (QED) is 0.878. The van der Waals surface area contributed by atoms with Gasteiger partial charge in [0.2, 0.25) is 0 Å². The molecule has 0 saturated heterocycles. The zero-order chi connectivity index (χ0) is 15.5. The standard InChI is InChI=1S/C14H19N3O2S2/c1-11-4-3-5-12(16-11)10-17(2)21(18,19)14-7-6-13(20-14)8-9-15/h3-7H,8-10,15H2,1-2H3. The number of hydrogen-bond donors (Lipinski definition) is 1. The van der Waals surface area contributed by atoms with Gasteiger partial charge in [-0.3, -0.25) is 4.98 Å². The highest BCUT2D eigenvalue weighted by Gasteiger charge is 2.23. The molecule has 0 aliphatic carbocycles. The first-order valence-corrected chi connectivity index (χ1v) is 8.87. The first-order valence-electron chi connectivity index (χ1n) is 6.61. The van der Waals surface area contributed by atoms with Gasteiger partial charge in [-0.1, -0.05) is 6.07 Å². The molecule has 2 aromatic heterocycles. The Morgan fingerprint density at radius 3 is 2.71 bits per heavy atom. The van der Waals surface area contributed by atoms with Crippen LogP contribution in [0.1, 0.15) is 16.3 Å². The molecule has 21 heavy (non-hydrogen) atoms. The molecule has 114 valence electrons. The van der Waals surface area contributed by atoms with Crippen LogP contribution in [0.25, 0.3) is 0 Å². The molecular formula is C14H19N3O2S2. The Kier molecular flexibility index (Phi) is 5.10. The molecule has 0 aromatic carbocycles. The van der Waals surface area contributed by atoms with E-state index in [0.717, 1.165) is 16.3 Å². The lowest BCUT2D eigenvalue weighted by molar-refractivity contribution is 0.463. The minimum absolute atomic E-state index is 0.258. The second kappa shape index (κ2) is 6.65. The average molecular weight is 325 g/mol. The van der Waals surface area contributed by atoms with Crippen LogP contribution < -0.4 is 5.73 Å². The molecule has 0 bridgehead atoms. The Bertz CT molecular complexity index is 711. The van der Waals surface area contributed by atoms with Crippen molar-refractivity contribution in [3.63, 3.8) is 0 Å². The number of nitrogens with two attached hydrogens (primary N) is 1. The summed E-state index contributed by atoms with van der Waals surface area (Å²) >= 11 is 1.28. The minimum Gasteiger partial charge on any atom is -0.330 e. The van der Waals surface area contributed by atoms with E-state index in [1.54, 1.807) is 13.1 Å². The third kappa shape index (κ3) is 3.88. The van der Waals surface area contributed by atoms with E-state index in [0.29, 0.717) is 17.2 Å². The summed E-state index contributed by atoms with van der Waals surface area (Å²) in [6.07, 6.45) is 0.698. The number of aromatic nitrogens is 1. The van der Waals surface area contributed by atoms with E-state index in [4.69, 9.17) is 5.73 Å². The van der Waals surface area contributed by atoms with Crippen LogP contribution in [0, 0.1) is 6.92 Å². The third-order valence-corrected chi connectivity index (χ3v) is 6.44. The lowest BCUT2D eigenvalue weighted by atomic mass is 10.3. The molecule has 5 nitrogen and oxygen atoms in total. The Morgan fingerprint density at radius 2 is 2.05 bits per heavy atom. The van der Waals surface area contributed by atoms with Gasteiger partial charge in [0.1, 0.15) is 4.21 Å². The number of nitrogens with zero attached hydrogens (tertiary/aromatic N) is 2. The van der Waals surface area contributed by atoms with Crippen LogP contribution in [0.4, 0.5) is 0 Å². The highest BCUT2D eigenvalue weighted by molar-refractivity contribution is 7.91. The lowest BCUT2D eigenvalue weighted by Crippen LogP contribution is -2.26. The van der Waals surface area contributed by atoms with Crippen LogP contribution in [-0.4, -0.2) is 31.3 Å². The van der Waals surface area contributed by atoms with Crippen LogP contribution in [0.2, 0.25) is 0 Å². The molecule has 0 aliphatic rings. The number of thiophene rings is 1. The molecule has 7 heteroatoms. The van der Waals surface area contributed by atoms with E-state index in [-0.39, 0.29) is 6.54 Å². The number of sulfonamides is 1. The molecule has 0 atom stereocenters. The van der Waals surface area contributed by atoms with Crippen LogP contribution in [0.15, 0.2) is 34.5 Å². The maximum absolute atomic E-state index is 12.5. The molecular weight excluding hydrogens is 306 g/mol. The number of pyridine rings is 1. The predicted octanol–water partition coefficient (Wildman–Crippen LogP) is 1.77. The molecule has 0 spiro atoms. The van der Waals surface area contributed by atoms with Crippen molar-refractivity contribution < 1.29 is 8.42 Å². The van der Waals surface area contributed by atoms with Crippen LogP contribution in [0.5, 0.6) is 0 Å². The maximum atomic E-state index is 12.5. The zero-order valence-electron chi connectivity index (χ0n) is 12.1. The Hall–Kier alpha value is -1.28. The van der Waals surface area contributed by atoms with Crippen LogP contribution in [0.3, 0.4) is 0 Å². The summed E-state index contributed by atoms with van der Waals surface area (Å²) in [5, 5.41) is 0. The average Bonchev–Trinajstić information content (AvgIpc) is 2.88. The first kappa shape index (κ1) is 16.1. The normalized spacial score (nSPS) is 12.0. The van der Waals surface area contributed by atoms with Crippen molar-refractivity contribution in [2.24, 2.45) is 5.73 Å². The molecule has 2 aromatic rings. The molecule has 0 aliphatic heterocycles. The van der Waals surface area contributed by atoms with E-state index < -0.39 is 10.0 Å². The maximum Gasteiger partial charge on any atom is 0.252 e. The van der Waals surface area contributed by atoms with E-state index in [9.17, 15) is 8.42 Å². The van der Waals surface area contributed by atoms with Crippen molar-refractivity contribution in [3.05, 3.63) is 46.6 Å². The predicted molar refractivity (Wildman–Crippen MR) is 84.7 cm³/mol. The van der Waals surface area contributed by atoms with E-state index in [2.05, 4.69) is 4.98 Å². The van der Waals surface area contributed by atoms with Crippen molar-refractivity contribution in [2.75, 3.05) is 13.6 Å². The Balaban J connectivity index is 2.17. The number of hydrogen-bond acceptors (Lipinski definition) is 5. The summed E-state index contributed by atoms with van der Waals surface area (Å²) in [5.74, 6) is 0. The minimum atomic E-state index is -3.48. The molecule has 2 rings (SSSR count). The molecule has 0 saturated carbocycles. The van der Waals surface area contributed by atoms with Gasteiger partial charge in [0.15, 0.2) is 0 Å². The van der Waals surface area contributed by atoms with Gasteiger partial charge >= 0.3 is 0 Å². The topological polar surface area (TPSA) is 76.3 Å². The van der Waals surface area contributed by atoms with Gasteiger partial charge < -0.3 is 5.73 Å². The van der Waals surface area contributed by atoms with Crippen molar-refractivity contribution in [1.29, 1.82) is 0 Å². The second-order valence-electron chi connectivity index (χ2n) is 4.79. The van der Waals surface area contributed by atoms with Crippen molar-refractivity contribution in [1.82, 2.24) is 9.29 Å². The second-order valence-corrected chi connectivity index (χ2v) is 8.23. The van der Waals surface area contributed by atoms with Gasteiger partial charge in [-0.2, -0.15) is 4.31 Å². The van der Waals surface area contributed by atoms with Crippen molar-refractivity contribution in [2.45, 2.75) is 24.1 Å². The Morgan fingerprint density at radius 1 is 1.29 bits per heavy atom. The summed E-state index contributed by atoms with van der Waals surface area (Å²) in [6, 6.07) is 9.06. The highest BCUT2D eigenvalue weighted by Crippen LogP contribution is 2.25. The molecule has 0 radical (unpaired) electrons. The highest BCUT2D eigenvalue weighted by atomic mass is 32.2. The SMILES string of the molecule is Cc1cccc(CN(C)S(=O)(=O)c2ccc(CCN)s2)n1. The molecule has 0 unspecified atom stereocenters. The third-order valence-electron chi connectivity index (χ3n) is 3.02. The van der Waals surface area contributed by atoms with Gasteiger partial charge in [0.25, 0.3) is 10.0 Å². The van der Waals surface area contributed by atoms with E-state index in [1.807, 2.05) is 31.2 Å². The summed E-state index contributed by atoms with van der Waals surface area (Å²) in [5.41, 5.74) is 7.10. The van der Waals surface area contributed by atoms with Gasteiger partial charge in [-0.15, -0.1) is 11.3 Å². The lowest BCUT2D eigenvalue weighted by Gasteiger charge is -2.15. The molecule has 0 amide bonds. The fourth-order valence-corrected chi connectivity index (χ4v) is 4.65. The largest absolute Gasteiger partial charge is 0.330 e. The monoisotopic (exact) mass is 325 g/mol. The number of aryl methyl sites for hydroxylation is 1. The van der Waals surface area contributed by atoms with Gasteiger partial charge in [-0.25, -0.2) is 8.42 Å². The molecule has 0 fully saturated rings.